The summed E-state index contributed by atoms with van der Waals surface area (Å²) in [5.74, 6) is 0.366. The Labute approximate surface area is 96.6 Å². The maximum absolute atomic E-state index is 11.7. The number of hydrogen-bond acceptors (Lipinski definition) is 3. The summed E-state index contributed by atoms with van der Waals surface area (Å²) in [5, 5.41) is 5.85. The molecule has 1 atom stereocenters. The Hall–Kier alpha value is -1.10. The number of hydrogen-bond donors (Lipinski definition) is 2. The Morgan fingerprint density at radius 2 is 2.12 bits per heavy atom. The van der Waals surface area contributed by atoms with E-state index in [1.807, 2.05) is 6.92 Å². The van der Waals surface area contributed by atoms with Gasteiger partial charge in [-0.25, -0.2) is 0 Å². The van der Waals surface area contributed by atoms with Crippen LogP contribution in [0.5, 0.6) is 0 Å². The second-order valence-electron chi connectivity index (χ2n) is 4.37. The molecule has 1 saturated heterocycles. The molecule has 0 spiro atoms. The number of carbonyl (C=O) groups is 2. The molecule has 1 heterocycles. The first-order valence-electron chi connectivity index (χ1n) is 5.79. The SMILES string of the molecule is CCN(C)C(=O)C(C)NC(=O)CC1CNC1. The van der Waals surface area contributed by atoms with Crippen molar-refractivity contribution >= 4 is 11.8 Å². The quantitative estimate of drug-likeness (QED) is 0.670. The van der Waals surface area contributed by atoms with Gasteiger partial charge in [-0.15, -0.1) is 0 Å². The van der Waals surface area contributed by atoms with Crippen LogP contribution in [0.1, 0.15) is 20.3 Å². The van der Waals surface area contributed by atoms with Crippen molar-refractivity contribution in [1.29, 1.82) is 0 Å². The minimum atomic E-state index is -0.425. The fourth-order valence-corrected chi connectivity index (χ4v) is 1.60. The monoisotopic (exact) mass is 227 g/mol. The van der Waals surface area contributed by atoms with Crippen LogP contribution in [0.3, 0.4) is 0 Å². The molecule has 0 aromatic rings. The first-order chi connectivity index (χ1) is 7.54. The average molecular weight is 227 g/mol. The number of rotatable bonds is 5. The molecule has 5 heteroatoms. The van der Waals surface area contributed by atoms with Crippen molar-refractivity contribution in [2.45, 2.75) is 26.3 Å². The van der Waals surface area contributed by atoms with Gasteiger partial charge in [0, 0.05) is 20.0 Å². The molecule has 2 amide bonds. The third-order valence-corrected chi connectivity index (χ3v) is 2.94. The molecule has 1 aliphatic rings. The maximum atomic E-state index is 11.7. The van der Waals surface area contributed by atoms with E-state index in [4.69, 9.17) is 0 Å². The smallest absolute Gasteiger partial charge is 0.244 e. The van der Waals surface area contributed by atoms with Crippen molar-refractivity contribution in [3.05, 3.63) is 0 Å². The molecule has 16 heavy (non-hydrogen) atoms. The number of amides is 2. The van der Waals surface area contributed by atoms with Gasteiger partial charge in [-0.3, -0.25) is 9.59 Å². The van der Waals surface area contributed by atoms with Crippen LogP contribution in [0.4, 0.5) is 0 Å². The third-order valence-electron chi connectivity index (χ3n) is 2.94. The van der Waals surface area contributed by atoms with Crippen LogP contribution >= 0.6 is 0 Å². The number of nitrogens with one attached hydrogen (secondary N) is 2. The minimum Gasteiger partial charge on any atom is -0.345 e. The van der Waals surface area contributed by atoms with E-state index in [0.717, 1.165) is 13.1 Å². The number of likely N-dealkylation sites (N-methyl/N-ethyl adjacent to an activating group) is 1. The van der Waals surface area contributed by atoms with Crippen molar-refractivity contribution in [2.75, 3.05) is 26.7 Å². The molecule has 1 aliphatic heterocycles. The maximum Gasteiger partial charge on any atom is 0.244 e. The molecule has 0 saturated carbocycles. The van der Waals surface area contributed by atoms with Crippen molar-refractivity contribution in [3.8, 4) is 0 Å². The van der Waals surface area contributed by atoms with E-state index in [2.05, 4.69) is 10.6 Å². The number of nitrogens with zero attached hydrogens (tertiary/aromatic N) is 1. The summed E-state index contributed by atoms with van der Waals surface area (Å²) in [6.07, 6.45) is 0.514. The molecule has 1 rings (SSSR count). The van der Waals surface area contributed by atoms with Gasteiger partial charge in [0.1, 0.15) is 6.04 Å². The molecule has 1 unspecified atom stereocenters. The first kappa shape index (κ1) is 13.0. The first-order valence-corrected chi connectivity index (χ1v) is 5.79. The number of carbonyl (C=O) groups excluding carboxylic acids is 2. The molecular formula is C11H21N3O2. The zero-order valence-electron chi connectivity index (χ0n) is 10.2. The van der Waals surface area contributed by atoms with Crippen LogP contribution in [0.15, 0.2) is 0 Å². The summed E-state index contributed by atoms with van der Waals surface area (Å²) in [6.45, 7) is 6.11. The summed E-state index contributed by atoms with van der Waals surface area (Å²) in [6, 6.07) is -0.425. The second kappa shape index (κ2) is 5.84. The van der Waals surface area contributed by atoms with E-state index in [1.165, 1.54) is 0 Å². The summed E-state index contributed by atoms with van der Waals surface area (Å²) < 4.78 is 0. The van der Waals surface area contributed by atoms with Crippen LogP contribution in [-0.2, 0) is 9.59 Å². The molecule has 2 N–H and O–H groups in total. The molecule has 0 radical (unpaired) electrons. The van der Waals surface area contributed by atoms with Gasteiger partial charge in [-0.1, -0.05) is 0 Å². The average Bonchev–Trinajstić information content (AvgIpc) is 2.21. The summed E-state index contributed by atoms with van der Waals surface area (Å²) >= 11 is 0. The Morgan fingerprint density at radius 3 is 2.56 bits per heavy atom. The second-order valence-corrected chi connectivity index (χ2v) is 4.37. The standard InChI is InChI=1S/C11H21N3O2/c1-4-14(3)11(16)8(2)13-10(15)5-9-6-12-7-9/h8-9,12H,4-7H2,1-3H3,(H,13,15). The van der Waals surface area contributed by atoms with Gasteiger partial charge in [-0.2, -0.15) is 0 Å². The lowest BCUT2D eigenvalue weighted by Crippen LogP contribution is -2.48. The van der Waals surface area contributed by atoms with Gasteiger partial charge in [-0.05, 0) is 32.9 Å². The highest BCUT2D eigenvalue weighted by Gasteiger charge is 2.23. The van der Waals surface area contributed by atoms with Crippen LogP contribution in [0.25, 0.3) is 0 Å². The van der Waals surface area contributed by atoms with Crippen molar-refractivity contribution in [1.82, 2.24) is 15.5 Å². The van der Waals surface area contributed by atoms with Gasteiger partial charge in [0.25, 0.3) is 0 Å². The Bertz CT molecular complexity index is 264. The zero-order valence-corrected chi connectivity index (χ0v) is 10.2. The van der Waals surface area contributed by atoms with Crippen molar-refractivity contribution in [2.24, 2.45) is 5.92 Å². The van der Waals surface area contributed by atoms with Gasteiger partial charge < -0.3 is 15.5 Å². The molecule has 0 aromatic heterocycles. The normalized spacial score (nSPS) is 17.4. The lowest BCUT2D eigenvalue weighted by Gasteiger charge is -2.27. The summed E-state index contributed by atoms with van der Waals surface area (Å²) in [4.78, 5) is 24.8. The molecule has 1 fully saturated rings. The van der Waals surface area contributed by atoms with E-state index in [-0.39, 0.29) is 11.8 Å². The molecular weight excluding hydrogens is 206 g/mol. The van der Waals surface area contributed by atoms with Crippen LogP contribution in [0.2, 0.25) is 0 Å². The Morgan fingerprint density at radius 1 is 1.50 bits per heavy atom. The fraction of sp³-hybridized carbons (Fsp3) is 0.818. The van der Waals surface area contributed by atoms with Crippen molar-refractivity contribution in [3.63, 3.8) is 0 Å². The van der Waals surface area contributed by atoms with E-state index in [0.29, 0.717) is 18.9 Å². The highest BCUT2D eigenvalue weighted by molar-refractivity contribution is 5.87. The van der Waals surface area contributed by atoms with E-state index >= 15 is 0 Å². The molecule has 0 aliphatic carbocycles. The lowest BCUT2D eigenvalue weighted by atomic mass is 9.99. The highest BCUT2D eigenvalue weighted by Crippen LogP contribution is 2.07. The van der Waals surface area contributed by atoms with Gasteiger partial charge >= 0.3 is 0 Å². The van der Waals surface area contributed by atoms with Crippen LogP contribution < -0.4 is 10.6 Å². The molecule has 0 aromatic carbocycles. The summed E-state index contributed by atoms with van der Waals surface area (Å²) in [5.41, 5.74) is 0. The van der Waals surface area contributed by atoms with Crippen LogP contribution in [-0.4, -0.2) is 49.4 Å². The molecule has 0 bridgehead atoms. The lowest BCUT2D eigenvalue weighted by molar-refractivity contribution is -0.135. The zero-order chi connectivity index (χ0) is 12.1. The largest absolute Gasteiger partial charge is 0.345 e. The topological polar surface area (TPSA) is 61.4 Å². The van der Waals surface area contributed by atoms with Gasteiger partial charge in [0.05, 0.1) is 0 Å². The molecule has 5 nitrogen and oxygen atoms in total. The predicted molar refractivity (Wildman–Crippen MR) is 61.9 cm³/mol. The third kappa shape index (κ3) is 3.48. The summed E-state index contributed by atoms with van der Waals surface area (Å²) in [7, 11) is 1.74. The highest BCUT2D eigenvalue weighted by atomic mass is 16.2. The fourth-order valence-electron chi connectivity index (χ4n) is 1.60. The van der Waals surface area contributed by atoms with Gasteiger partial charge in [0.15, 0.2) is 0 Å². The Balaban J connectivity index is 2.28. The van der Waals surface area contributed by atoms with Gasteiger partial charge in [0.2, 0.25) is 11.8 Å². The van der Waals surface area contributed by atoms with E-state index in [1.54, 1.807) is 18.9 Å². The minimum absolute atomic E-state index is 0.0307. The molecule has 92 valence electrons. The van der Waals surface area contributed by atoms with E-state index in [9.17, 15) is 9.59 Å². The Kier molecular flexibility index (Phi) is 4.73. The van der Waals surface area contributed by atoms with Crippen LogP contribution in [0, 0.1) is 5.92 Å². The predicted octanol–water partition coefficient (Wildman–Crippen LogP) is -0.421. The van der Waals surface area contributed by atoms with E-state index < -0.39 is 6.04 Å². The van der Waals surface area contributed by atoms with Crippen molar-refractivity contribution < 1.29 is 9.59 Å².